The zero-order valence-electron chi connectivity index (χ0n) is 15.2. The normalized spacial score (nSPS) is 27.8. The second-order valence-electron chi connectivity index (χ2n) is 7.01. The molecule has 1 saturated carbocycles. The second kappa shape index (κ2) is 12.7. The van der Waals surface area contributed by atoms with Gasteiger partial charge in [0.05, 0.1) is 24.1 Å². The fraction of sp³-hybridized carbons (Fsp3) is 0.842. The molecule has 5 atom stereocenters. The van der Waals surface area contributed by atoms with Crippen LogP contribution in [0.25, 0.3) is 0 Å². The fourth-order valence-electron chi connectivity index (χ4n) is 3.47. The Morgan fingerprint density at radius 1 is 1.24 bits per heavy atom. The van der Waals surface area contributed by atoms with Gasteiger partial charge in [0, 0.05) is 12.3 Å². The van der Waals surface area contributed by atoms with Crippen molar-refractivity contribution < 1.29 is 25.2 Å². The summed E-state index contributed by atoms with van der Waals surface area (Å²) in [7, 11) is 0. The Hall–Kier alpha value is -0.560. The highest BCUT2D eigenvalue weighted by Crippen LogP contribution is 2.37. The van der Waals surface area contributed by atoms with E-state index in [1.807, 2.05) is 12.2 Å². The van der Waals surface area contributed by atoms with Crippen molar-refractivity contribution in [1.82, 2.24) is 0 Å². The highest BCUT2D eigenvalue weighted by molar-refractivity contribution is 7.99. The molecule has 1 unspecified atom stereocenters. The Balaban J connectivity index is 2.35. The van der Waals surface area contributed by atoms with Crippen LogP contribution in [0.5, 0.6) is 0 Å². The van der Waals surface area contributed by atoms with Crippen LogP contribution in [0.15, 0.2) is 12.2 Å². The SMILES string of the molecule is CCCCC(O)CC=C[C@@H]1[C@@H](CCCCSCC(=O)O)[C@@H](O)C[C@H]1O. The molecule has 0 aromatic carbocycles. The van der Waals surface area contributed by atoms with Gasteiger partial charge in [0.1, 0.15) is 0 Å². The number of carboxylic acid groups (broad SMARTS) is 1. The molecule has 1 aliphatic rings. The third-order valence-electron chi connectivity index (χ3n) is 4.87. The van der Waals surface area contributed by atoms with Gasteiger partial charge in [-0.3, -0.25) is 4.79 Å². The van der Waals surface area contributed by atoms with Crippen molar-refractivity contribution >= 4 is 17.7 Å². The van der Waals surface area contributed by atoms with Gasteiger partial charge < -0.3 is 20.4 Å². The molecule has 0 amide bonds. The molecular weight excluding hydrogens is 340 g/mol. The number of unbranched alkanes of at least 4 members (excludes halogenated alkanes) is 2. The zero-order chi connectivity index (χ0) is 18.7. The summed E-state index contributed by atoms with van der Waals surface area (Å²) in [5.41, 5.74) is 0. The first-order valence-corrected chi connectivity index (χ1v) is 10.6. The van der Waals surface area contributed by atoms with Crippen molar-refractivity contribution in [3.63, 3.8) is 0 Å². The van der Waals surface area contributed by atoms with Crippen LogP contribution < -0.4 is 0 Å². The lowest BCUT2D eigenvalue weighted by molar-refractivity contribution is -0.133. The summed E-state index contributed by atoms with van der Waals surface area (Å²) < 4.78 is 0. The number of hydrogen-bond acceptors (Lipinski definition) is 5. The van der Waals surface area contributed by atoms with Gasteiger partial charge in [-0.1, -0.05) is 38.3 Å². The molecule has 0 aromatic rings. The molecule has 0 bridgehead atoms. The van der Waals surface area contributed by atoms with E-state index >= 15 is 0 Å². The van der Waals surface area contributed by atoms with Gasteiger partial charge in [0.15, 0.2) is 0 Å². The molecular formula is C19H34O5S. The maximum atomic E-state index is 10.5. The standard InChI is InChI=1S/C19H34O5S/c1-2-3-7-14(20)8-6-10-16-15(17(21)12-18(16)22)9-4-5-11-25-13-19(23)24/h6,10,14-18,20-22H,2-5,7-9,11-13H2,1H3,(H,23,24)/t14?,15-,16-,17+,18-/m1/s1. The van der Waals surface area contributed by atoms with Crippen molar-refractivity contribution in [2.75, 3.05) is 11.5 Å². The highest BCUT2D eigenvalue weighted by atomic mass is 32.2. The summed E-state index contributed by atoms with van der Waals surface area (Å²) in [4.78, 5) is 10.5. The lowest BCUT2D eigenvalue weighted by atomic mass is 9.88. The number of hydrogen-bond donors (Lipinski definition) is 4. The Bertz CT molecular complexity index is 401. The number of aliphatic hydroxyl groups excluding tert-OH is 3. The smallest absolute Gasteiger partial charge is 0.313 e. The van der Waals surface area contributed by atoms with Crippen LogP contribution in [0.1, 0.15) is 58.3 Å². The van der Waals surface area contributed by atoms with Crippen molar-refractivity contribution in [3.8, 4) is 0 Å². The molecule has 1 rings (SSSR count). The van der Waals surface area contributed by atoms with Crippen LogP contribution in [0, 0.1) is 11.8 Å². The van der Waals surface area contributed by atoms with E-state index in [0.29, 0.717) is 12.8 Å². The van der Waals surface area contributed by atoms with E-state index in [0.717, 1.165) is 44.3 Å². The summed E-state index contributed by atoms with van der Waals surface area (Å²) in [6.45, 7) is 2.10. The van der Waals surface area contributed by atoms with E-state index in [2.05, 4.69) is 6.92 Å². The van der Waals surface area contributed by atoms with Crippen LogP contribution in [-0.4, -0.2) is 56.2 Å². The van der Waals surface area contributed by atoms with E-state index in [9.17, 15) is 20.1 Å². The van der Waals surface area contributed by atoms with Crippen LogP contribution >= 0.6 is 11.8 Å². The highest BCUT2D eigenvalue weighted by Gasteiger charge is 2.39. The molecule has 0 aliphatic heterocycles. The zero-order valence-corrected chi connectivity index (χ0v) is 16.0. The molecule has 5 nitrogen and oxygen atoms in total. The second-order valence-corrected chi connectivity index (χ2v) is 8.12. The van der Waals surface area contributed by atoms with Crippen molar-refractivity contribution in [2.45, 2.75) is 76.6 Å². The monoisotopic (exact) mass is 374 g/mol. The number of carboxylic acids is 1. The quantitative estimate of drug-likeness (QED) is 0.292. The number of aliphatic hydroxyl groups is 3. The molecule has 1 aliphatic carbocycles. The Morgan fingerprint density at radius 2 is 2.00 bits per heavy atom. The minimum Gasteiger partial charge on any atom is -0.481 e. The van der Waals surface area contributed by atoms with Gasteiger partial charge in [0.25, 0.3) is 0 Å². The summed E-state index contributed by atoms with van der Waals surface area (Å²) in [5.74, 6) is 0.146. The van der Waals surface area contributed by atoms with E-state index in [1.165, 1.54) is 11.8 Å². The third kappa shape index (κ3) is 9.08. The van der Waals surface area contributed by atoms with Crippen LogP contribution in [0.3, 0.4) is 0 Å². The Labute approximate surface area is 155 Å². The van der Waals surface area contributed by atoms with Crippen LogP contribution in [0.2, 0.25) is 0 Å². The van der Waals surface area contributed by atoms with Crippen molar-refractivity contribution in [1.29, 1.82) is 0 Å². The van der Waals surface area contributed by atoms with E-state index in [4.69, 9.17) is 5.11 Å². The topological polar surface area (TPSA) is 98.0 Å². The Morgan fingerprint density at radius 3 is 2.68 bits per heavy atom. The van der Waals surface area contributed by atoms with Gasteiger partial charge in [-0.2, -0.15) is 11.8 Å². The number of aliphatic carboxylic acids is 1. The van der Waals surface area contributed by atoms with Gasteiger partial charge >= 0.3 is 5.97 Å². The Kier molecular flexibility index (Phi) is 11.5. The van der Waals surface area contributed by atoms with Gasteiger partial charge in [-0.15, -0.1) is 0 Å². The average Bonchev–Trinajstić information content (AvgIpc) is 2.82. The molecule has 1 fully saturated rings. The van der Waals surface area contributed by atoms with Crippen LogP contribution in [-0.2, 0) is 4.79 Å². The molecule has 146 valence electrons. The first-order chi connectivity index (χ1) is 12.0. The fourth-order valence-corrected chi connectivity index (χ4v) is 4.20. The molecule has 4 N–H and O–H groups in total. The molecule has 25 heavy (non-hydrogen) atoms. The predicted molar refractivity (Wildman–Crippen MR) is 102 cm³/mol. The van der Waals surface area contributed by atoms with E-state index in [1.54, 1.807) is 0 Å². The van der Waals surface area contributed by atoms with Crippen molar-refractivity contribution in [2.24, 2.45) is 11.8 Å². The number of rotatable bonds is 13. The maximum absolute atomic E-state index is 10.5. The van der Waals surface area contributed by atoms with Crippen molar-refractivity contribution in [3.05, 3.63) is 12.2 Å². The summed E-state index contributed by atoms with van der Waals surface area (Å²) >= 11 is 1.42. The first-order valence-electron chi connectivity index (χ1n) is 9.46. The molecule has 0 spiro atoms. The maximum Gasteiger partial charge on any atom is 0.313 e. The molecule has 6 heteroatoms. The van der Waals surface area contributed by atoms with Gasteiger partial charge in [-0.25, -0.2) is 0 Å². The lowest BCUT2D eigenvalue weighted by Gasteiger charge is -2.21. The largest absolute Gasteiger partial charge is 0.481 e. The van der Waals surface area contributed by atoms with Gasteiger partial charge in [-0.05, 0) is 37.4 Å². The summed E-state index contributed by atoms with van der Waals surface area (Å²) in [6, 6.07) is 0. The predicted octanol–water partition coefficient (Wildman–Crippen LogP) is 2.83. The molecule has 0 aromatic heterocycles. The average molecular weight is 375 g/mol. The van der Waals surface area contributed by atoms with Crippen LogP contribution in [0.4, 0.5) is 0 Å². The van der Waals surface area contributed by atoms with E-state index in [-0.39, 0.29) is 23.7 Å². The minimum atomic E-state index is -0.786. The summed E-state index contributed by atoms with van der Waals surface area (Å²) in [6.07, 6.45) is 9.15. The summed E-state index contributed by atoms with van der Waals surface area (Å²) in [5, 5.41) is 38.9. The molecule has 0 radical (unpaired) electrons. The first kappa shape index (κ1) is 22.5. The number of carbonyl (C=O) groups is 1. The number of thioether (sulfide) groups is 1. The molecule has 0 heterocycles. The minimum absolute atomic E-state index is 0.0449. The molecule has 0 saturated heterocycles. The van der Waals surface area contributed by atoms with Gasteiger partial charge in [0.2, 0.25) is 0 Å². The lowest BCUT2D eigenvalue weighted by Crippen LogP contribution is -2.20. The van der Waals surface area contributed by atoms with E-state index < -0.39 is 18.2 Å². The third-order valence-corrected chi connectivity index (χ3v) is 5.90.